The van der Waals surface area contributed by atoms with Gasteiger partial charge in [-0.1, -0.05) is 23.7 Å². The van der Waals surface area contributed by atoms with E-state index in [1.807, 2.05) is 32.0 Å². The Morgan fingerprint density at radius 2 is 2.07 bits per heavy atom. The third kappa shape index (κ3) is 5.18. The van der Waals surface area contributed by atoms with Gasteiger partial charge in [0.1, 0.15) is 11.7 Å². The van der Waals surface area contributed by atoms with E-state index < -0.39 is 18.5 Å². The molecule has 1 aliphatic heterocycles. The molecule has 7 nitrogen and oxygen atoms in total. The number of para-hydroxylation sites is 1. The van der Waals surface area contributed by atoms with Gasteiger partial charge in [0, 0.05) is 17.7 Å². The quantitative estimate of drug-likeness (QED) is 0.726. The van der Waals surface area contributed by atoms with Crippen molar-refractivity contribution in [1.29, 1.82) is 5.26 Å². The van der Waals surface area contributed by atoms with Crippen LogP contribution in [0.15, 0.2) is 36.4 Å². The summed E-state index contributed by atoms with van der Waals surface area (Å²) in [6.45, 7) is 3.13. The van der Waals surface area contributed by atoms with E-state index in [0.717, 1.165) is 12.0 Å². The van der Waals surface area contributed by atoms with Gasteiger partial charge in [-0.15, -0.1) is 0 Å². The monoisotopic (exact) mass is 414 g/mol. The molecule has 29 heavy (non-hydrogen) atoms. The van der Waals surface area contributed by atoms with Crippen LogP contribution in [0.1, 0.15) is 25.0 Å². The topological polar surface area (TPSA) is 97.6 Å². The number of nitrogens with one attached hydrogen (secondary N) is 1. The number of hydrogen-bond donors (Lipinski definition) is 1. The highest BCUT2D eigenvalue weighted by Crippen LogP contribution is 2.41. The van der Waals surface area contributed by atoms with Crippen LogP contribution in [0.3, 0.4) is 0 Å². The molecule has 1 amide bonds. The lowest BCUT2D eigenvalue weighted by atomic mass is 10.0. The Bertz CT molecular complexity index is 997. The number of ether oxygens (including phenoxy) is 3. The normalized spacial score (nSPS) is 13.6. The van der Waals surface area contributed by atoms with Gasteiger partial charge in [-0.05, 0) is 38.1 Å². The number of amides is 1. The summed E-state index contributed by atoms with van der Waals surface area (Å²) in [5.41, 5.74) is 1.38. The van der Waals surface area contributed by atoms with Crippen molar-refractivity contribution in [2.75, 3.05) is 18.5 Å². The summed E-state index contributed by atoms with van der Waals surface area (Å²) in [5.74, 6) is -0.139. The van der Waals surface area contributed by atoms with Gasteiger partial charge in [0.05, 0.1) is 10.6 Å². The average Bonchev–Trinajstić information content (AvgIpc) is 2.99. The molecular weight excluding hydrogens is 396 g/mol. The molecule has 1 aliphatic rings. The second-order valence-corrected chi connectivity index (χ2v) is 7.49. The van der Waals surface area contributed by atoms with Crippen LogP contribution >= 0.6 is 11.6 Å². The van der Waals surface area contributed by atoms with E-state index in [9.17, 15) is 9.59 Å². The van der Waals surface area contributed by atoms with Crippen LogP contribution in [-0.4, -0.2) is 30.7 Å². The zero-order chi connectivity index (χ0) is 21.0. The van der Waals surface area contributed by atoms with Crippen molar-refractivity contribution in [2.45, 2.75) is 25.9 Å². The van der Waals surface area contributed by atoms with Crippen LogP contribution in [0.25, 0.3) is 0 Å². The standard InChI is InChI=1S/C21H19ClN2O5/c1-21(2)9-13-4-3-5-17(20(13)29-21)27-12-19(26)28-11-18(25)24-15-7-6-14(10-23)16(22)8-15/h3-8H,9,11-12H2,1-2H3,(H,24,25). The minimum absolute atomic E-state index is 0.219. The Morgan fingerprint density at radius 3 is 2.79 bits per heavy atom. The number of nitriles is 1. The van der Waals surface area contributed by atoms with Crippen molar-refractivity contribution >= 4 is 29.2 Å². The number of nitrogens with zero attached hydrogens (tertiary/aromatic N) is 1. The Balaban J connectivity index is 1.48. The molecule has 3 rings (SSSR count). The second kappa shape index (κ2) is 8.41. The lowest BCUT2D eigenvalue weighted by Crippen LogP contribution is -2.25. The van der Waals surface area contributed by atoms with Gasteiger partial charge in [0.2, 0.25) is 0 Å². The fraction of sp³-hybridized carbons (Fsp3) is 0.286. The summed E-state index contributed by atoms with van der Waals surface area (Å²) in [6, 6.07) is 11.9. The Labute approximate surface area is 173 Å². The molecule has 0 aliphatic carbocycles. The van der Waals surface area contributed by atoms with Crippen molar-refractivity contribution < 1.29 is 23.8 Å². The van der Waals surface area contributed by atoms with Gasteiger partial charge in [-0.25, -0.2) is 4.79 Å². The molecule has 2 aromatic rings. The van der Waals surface area contributed by atoms with Gasteiger partial charge in [-0.2, -0.15) is 5.26 Å². The van der Waals surface area contributed by atoms with Gasteiger partial charge in [0.25, 0.3) is 5.91 Å². The molecule has 1 heterocycles. The summed E-state index contributed by atoms with van der Waals surface area (Å²) >= 11 is 5.91. The molecule has 150 valence electrons. The molecule has 0 radical (unpaired) electrons. The van der Waals surface area contributed by atoms with Gasteiger partial charge < -0.3 is 19.5 Å². The van der Waals surface area contributed by atoms with Crippen LogP contribution in [0.5, 0.6) is 11.5 Å². The predicted molar refractivity (Wildman–Crippen MR) is 106 cm³/mol. The molecule has 0 saturated carbocycles. The maximum Gasteiger partial charge on any atom is 0.344 e. The van der Waals surface area contributed by atoms with E-state index in [0.29, 0.717) is 22.7 Å². The molecule has 0 spiro atoms. The number of esters is 1. The average molecular weight is 415 g/mol. The number of rotatable bonds is 6. The SMILES string of the molecule is CC1(C)Cc2cccc(OCC(=O)OCC(=O)Nc3ccc(C#N)c(Cl)c3)c2O1. The molecule has 8 heteroatoms. The summed E-state index contributed by atoms with van der Waals surface area (Å²) in [7, 11) is 0. The van der Waals surface area contributed by atoms with Crippen molar-refractivity contribution in [1.82, 2.24) is 0 Å². The number of fused-ring (bicyclic) bond motifs is 1. The highest BCUT2D eigenvalue weighted by molar-refractivity contribution is 6.32. The van der Waals surface area contributed by atoms with Crippen molar-refractivity contribution in [2.24, 2.45) is 0 Å². The van der Waals surface area contributed by atoms with E-state index in [1.54, 1.807) is 6.07 Å². The number of carbonyl (C=O) groups excluding carboxylic acids is 2. The largest absolute Gasteiger partial charge is 0.483 e. The van der Waals surface area contributed by atoms with Gasteiger partial charge in [0.15, 0.2) is 24.7 Å². The minimum atomic E-state index is -0.687. The summed E-state index contributed by atoms with van der Waals surface area (Å²) < 4.78 is 16.3. The van der Waals surface area contributed by atoms with E-state index in [2.05, 4.69) is 5.32 Å². The van der Waals surface area contributed by atoms with Crippen LogP contribution in [0.2, 0.25) is 5.02 Å². The van der Waals surface area contributed by atoms with Crippen LogP contribution in [-0.2, 0) is 20.7 Å². The number of hydrogen-bond acceptors (Lipinski definition) is 6. The zero-order valence-electron chi connectivity index (χ0n) is 16.0. The van der Waals surface area contributed by atoms with Gasteiger partial charge in [-0.3, -0.25) is 4.79 Å². The highest BCUT2D eigenvalue weighted by atomic mass is 35.5. The third-order valence-electron chi connectivity index (χ3n) is 4.14. The molecule has 1 N–H and O–H groups in total. The first-order valence-electron chi connectivity index (χ1n) is 8.86. The van der Waals surface area contributed by atoms with E-state index in [-0.39, 0.29) is 17.2 Å². The Kier molecular flexibility index (Phi) is 5.95. The molecule has 0 fully saturated rings. The molecule has 0 unspecified atom stereocenters. The van der Waals surface area contributed by atoms with Crippen LogP contribution in [0.4, 0.5) is 5.69 Å². The highest BCUT2D eigenvalue weighted by Gasteiger charge is 2.32. The fourth-order valence-electron chi connectivity index (χ4n) is 2.91. The second-order valence-electron chi connectivity index (χ2n) is 7.09. The predicted octanol–water partition coefficient (Wildman–Crippen LogP) is 3.49. The maximum absolute atomic E-state index is 11.9. The Morgan fingerprint density at radius 1 is 1.28 bits per heavy atom. The van der Waals surface area contributed by atoms with Crippen LogP contribution in [0, 0.1) is 11.3 Å². The number of carbonyl (C=O) groups is 2. The van der Waals surface area contributed by atoms with Crippen molar-refractivity contribution in [3.63, 3.8) is 0 Å². The summed E-state index contributed by atoms with van der Waals surface area (Å²) in [6.07, 6.45) is 0.753. The van der Waals surface area contributed by atoms with Gasteiger partial charge >= 0.3 is 5.97 Å². The minimum Gasteiger partial charge on any atom is -0.483 e. The first kappa shape index (κ1) is 20.5. The molecule has 0 atom stereocenters. The summed E-state index contributed by atoms with van der Waals surface area (Å²) in [4.78, 5) is 23.8. The number of benzene rings is 2. The van der Waals surface area contributed by atoms with Crippen molar-refractivity contribution in [3.8, 4) is 17.6 Å². The van der Waals surface area contributed by atoms with E-state index in [4.69, 9.17) is 31.1 Å². The maximum atomic E-state index is 11.9. The van der Waals surface area contributed by atoms with Crippen molar-refractivity contribution in [3.05, 3.63) is 52.5 Å². The molecule has 2 aromatic carbocycles. The molecule has 0 saturated heterocycles. The lowest BCUT2D eigenvalue weighted by molar-refractivity contribution is -0.149. The molecule has 0 aromatic heterocycles. The number of halogens is 1. The molecule has 0 bridgehead atoms. The lowest BCUT2D eigenvalue weighted by Gasteiger charge is -2.18. The first-order valence-corrected chi connectivity index (χ1v) is 9.24. The third-order valence-corrected chi connectivity index (χ3v) is 4.45. The van der Waals surface area contributed by atoms with Crippen LogP contribution < -0.4 is 14.8 Å². The first-order chi connectivity index (χ1) is 13.8. The Hall–Kier alpha value is -3.24. The fourth-order valence-corrected chi connectivity index (χ4v) is 3.13. The smallest absolute Gasteiger partial charge is 0.344 e. The molecular formula is C21H19ClN2O5. The summed E-state index contributed by atoms with van der Waals surface area (Å²) in [5, 5.41) is 11.6. The number of anilines is 1. The van der Waals surface area contributed by atoms with E-state index >= 15 is 0 Å². The van der Waals surface area contributed by atoms with E-state index in [1.165, 1.54) is 18.2 Å². The zero-order valence-corrected chi connectivity index (χ0v) is 16.7.